The summed E-state index contributed by atoms with van der Waals surface area (Å²) in [7, 11) is 0. The van der Waals surface area contributed by atoms with Gasteiger partial charge in [-0.25, -0.2) is 4.98 Å². The van der Waals surface area contributed by atoms with E-state index < -0.39 is 0 Å². The third-order valence-electron chi connectivity index (χ3n) is 2.53. The van der Waals surface area contributed by atoms with Crippen LogP contribution < -0.4 is 11.1 Å². The van der Waals surface area contributed by atoms with E-state index in [-0.39, 0.29) is 0 Å². The molecule has 0 aliphatic heterocycles. The first-order valence-electron chi connectivity index (χ1n) is 6.57. The number of aryl methyl sites for hydroxylation is 1. The van der Waals surface area contributed by atoms with Crippen molar-refractivity contribution in [3.63, 3.8) is 0 Å². The number of aromatic nitrogens is 2. The fourth-order valence-electron chi connectivity index (χ4n) is 1.65. The van der Waals surface area contributed by atoms with Crippen molar-refractivity contribution in [2.24, 2.45) is 5.92 Å². The highest BCUT2D eigenvalue weighted by atomic mass is 32.1. The molecule has 2 heterocycles. The van der Waals surface area contributed by atoms with Crippen LogP contribution in [0, 0.1) is 12.8 Å². The Hall–Kier alpha value is -1.18. The minimum atomic E-state index is 0.537. The summed E-state index contributed by atoms with van der Waals surface area (Å²) < 4.78 is 9.76. The Balaban J connectivity index is 1.96. The summed E-state index contributed by atoms with van der Waals surface area (Å²) in [5.41, 5.74) is 7.86. The van der Waals surface area contributed by atoms with Crippen LogP contribution in [0.1, 0.15) is 19.5 Å². The van der Waals surface area contributed by atoms with Gasteiger partial charge in [0.2, 0.25) is 0 Å². The Kier molecular flexibility index (Phi) is 5.33. The number of nitrogen functional groups attached to an aromatic ring is 1. The van der Waals surface area contributed by atoms with E-state index in [0.717, 1.165) is 34.4 Å². The number of thiazole rings is 1. The number of anilines is 2. The van der Waals surface area contributed by atoms with Gasteiger partial charge in [0, 0.05) is 24.2 Å². The van der Waals surface area contributed by atoms with E-state index in [1.165, 1.54) is 11.5 Å². The standard InChI is InChI=1S/C13H20N4OS2/c1-8(2)6-18-5-4-15-12-10(11(14)17-20-12)13-16-9(3)7-19-13/h7-8,15H,4-6H2,1-3H3,(H2,14,17). The normalized spacial score (nSPS) is 11.2. The van der Waals surface area contributed by atoms with Gasteiger partial charge in [-0.1, -0.05) is 13.8 Å². The average Bonchev–Trinajstić information content (AvgIpc) is 2.95. The molecule has 5 nitrogen and oxygen atoms in total. The molecule has 2 aromatic rings. The summed E-state index contributed by atoms with van der Waals surface area (Å²) in [4.78, 5) is 4.48. The SMILES string of the molecule is Cc1csc(-c2c(N)nsc2NCCOCC(C)C)n1. The van der Waals surface area contributed by atoms with E-state index in [4.69, 9.17) is 10.5 Å². The summed E-state index contributed by atoms with van der Waals surface area (Å²) in [6.07, 6.45) is 0. The van der Waals surface area contributed by atoms with Crippen molar-refractivity contribution >= 4 is 33.7 Å². The summed E-state index contributed by atoms with van der Waals surface area (Å²) in [5.74, 6) is 1.10. The molecule has 0 bridgehead atoms. The fourth-order valence-corrected chi connectivity index (χ4v) is 3.32. The van der Waals surface area contributed by atoms with Crippen molar-refractivity contribution in [1.82, 2.24) is 9.36 Å². The first kappa shape index (κ1) is 15.2. The van der Waals surface area contributed by atoms with Crippen molar-refractivity contribution in [3.8, 4) is 10.6 Å². The Bertz CT molecular complexity index is 550. The van der Waals surface area contributed by atoms with Crippen LogP contribution in [0.25, 0.3) is 10.6 Å². The summed E-state index contributed by atoms with van der Waals surface area (Å²) in [5, 5.41) is 7.23. The molecule has 0 atom stereocenters. The average molecular weight is 312 g/mol. The number of nitrogens with zero attached hydrogens (tertiary/aromatic N) is 2. The first-order valence-corrected chi connectivity index (χ1v) is 8.22. The largest absolute Gasteiger partial charge is 0.382 e. The minimum Gasteiger partial charge on any atom is -0.382 e. The van der Waals surface area contributed by atoms with E-state index in [9.17, 15) is 0 Å². The molecule has 0 unspecified atom stereocenters. The van der Waals surface area contributed by atoms with Crippen LogP contribution in [0.5, 0.6) is 0 Å². The van der Waals surface area contributed by atoms with Gasteiger partial charge in [0.25, 0.3) is 0 Å². The van der Waals surface area contributed by atoms with Crippen molar-refractivity contribution in [2.75, 3.05) is 30.8 Å². The van der Waals surface area contributed by atoms with E-state index >= 15 is 0 Å². The number of ether oxygens (including phenoxy) is 1. The maximum Gasteiger partial charge on any atom is 0.149 e. The smallest absolute Gasteiger partial charge is 0.149 e. The topological polar surface area (TPSA) is 73.1 Å². The molecule has 0 spiro atoms. The molecule has 0 aliphatic carbocycles. The second kappa shape index (κ2) is 7.01. The summed E-state index contributed by atoms with van der Waals surface area (Å²) in [6.45, 7) is 8.45. The highest BCUT2D eigenvalue weighted by Crippen LogP contribution is 2.38. The Morgan fingerprint density at radius 2 is 2.25 bits per heavy atom. The van der Waals surface area contributed by atoms with Gasteiger partial charge in [0.1, 0.15) is 15.8 Å². The second-order valence-corrected chi connectivity index (χ2v) is 6.59. The lowest BCUT2D eigenvalue weighted by molar-refractivity contribution is 0.118. The van der Waals surface area contributed by atoms with Crippen LogP contribution in [0.3, 0.4) is 0 Å². The minimum absolute atomic E-state index is 0.537. The second-order valence-electron chi connectivity index (χ2n) is 4.96. The Morgan fingerprint density at radius 1 is 1.45 bits per heavy atom. The highest BCUT2D eigenvalue weighted by molar-refractivity contribution is 7.15. The zero-order valence-corrected chi connectivity index (χ0v) is 13.6. The highest BCUT2D eigenvalue weighted by Gasteiger charge is 2.16. The monoisotopic (exact) mass is 312 g/mol. The molecule has 2 aromatic heterocycles. The molecular formula is C13H20N4OS2. The van der Waals surface area contributed by atoms with E-state index in [2.05, 4.69) is 28.5 Å². The molecule has 0 amide bonds. The zero-order valence-electron chi connectivity index (χ0n) is 12.0. The van der Waals surface area contributed by atoms with Gasteiger partial charge in [-0.3, -0.25) is 0 Å². The third kappa shape index (κ3) is 3.91. The van der Waals surface area contributed by atoms with E-state index in [1.807, 2.05) is 12.3 Å². The maximum atomic E-state index is 5.95. The lowest BCUT2D eigenvalue weighted by Crippen LogP contribution is -2.11. The maximum absolute atomic E-state index is 5.95. The number of hydrogen-bond donors (Lipinski definition) is 2. The number of nitrogens with one attached hydrogen (secondary N) is 1. The third-order valence-corrected chi connectivity index (χ3v) is 4.33. The number of hydrogen-bond acceptors (Lipinski definition) is 7. The van der Waals surface area contributed by atoms with Gasteiger partial charge in [0.05, 0.1) is 12.2 Å². The van der Waals surface area contributed by atoms with Crippen LogP contribution in [0.4, 0.5) is 10.8 Å². The van der Waals surface area contributed by atoms with Gasteiger partial charge in [-0.15, -0.1) is 11.3 Å². The molecule has 110 valence electrons. The van der Waals surface area contributed by atoms with Crippen LogP contribution in [0.2, 0.25) is 0 Å². The van der Waals surface area contributed by atoms with Gasteiger partial charge in [-0.05, 0) is 24.4 Å². The number of rotatable bonds is 7. The van der Waals surface area contributed by atoms with Crippen LogP contribution in [0.15, 0.2) is 5.38 Å². The summed E-state index contributed by atoms with van der Waals surface area (Å²) >= 11 is 2.96. The molecule has 0 saturated heterocycles. The van der Waals surface area contributed by atoms with Gasteiger partial charge in [0.15, 0.2) is 0 Å². The summed E-state index contributed by atoms with van der Waals surface area (Å²) in [6, 6.07) is 0. The van der Waals surface area contributed by atoms with Crippen molar-refractivity contribution in [3.05, 3.63) is 11.1 Å². The van der Waals surface area contributed by atoms with Crippen molar-refractivity contribution < 1.29 is 4.74 Å². The zero-order chi connectivity index (χ0) is 14.5. The van der Waals surface area contributed by atoms with E-state index in [0.29, 0.717) is 18.3 Å². The van der Waals surface area contributed by atoms with Gasteiger partial charge >= 0.3 is 0 Å². The molecule has 0 aromatic carbocycles. The molecule has 20 heavy (non-hydrogen) atoms. The molecule has 0 aliphatic rings. The van der Waals surface area contributed by atoms with Crippen LogP contribution >= 0.6 is 22.9 Å². The Morgan fingerprint density at radius 3 is 2.90 bits per heavy atom. The van der Waals surface area contributed by atoms with Crippen LogP contribution in [-0.4, -0.2) is 29.1 Å². The molecule has 0 radical (unpaired) electrons. The first-order chi connectivity index (χ1) is 9.58. The lowest BCUT2D eigenvalue weighted by atomic mass is 10.2. The number of nitrogens with two attached hydrogens (primary N) is 1. The quantitative estimate of drug-likeness (QED) is 0.768. The van der Waals surface area contributed by atoms with E-state index in [1.54, 1.807) is 11.3 Å². The molecule has 0 saturated carbocycles. The molecule has 2 rings (SSSR count). The van der Waals surface area contributed by atoms with Crippen molar-refractivity contribution in [1.29, 1.82) is 0 Å². The predicted octanol–water partition coefficient (Wildman–Crippen LogP) is 3.24. The van der Waals surface area contributed by atoms with Crippen LogP contribution in [-0.2, 0) is 4.74 Å². The Labute approximate surface area is 127 Å². The predicted molar refractivity (Wildman–Crippen MR) is 86.5 cm³/mol. The molecule has 3 N–H and O–H groups in total. The molecule has 7 heteroatoms. The van der Waals surface area contributed by atoms with Gasteiger partial charge in [-0.2, -0.15) is 4.37 Å². The lowest BCUT2D eigenvalue weighted by Gasteiger charge is -2.08. The van der Waals surface area contributed by atoms with Gasteiger partial charge < -0.3 is 15.8 Å². The molecule has 0 fully saturated rings. The molecular weight excluding hydrogens is 292 g/mol. The fraction of sp³-hybridized carbons (Fsp3) is 0.538. The van der Waals surface area contributed by atoms with Crippen molar-refractivity contribution in [2.45, 2.75) is 20.8 Å².